The van der Waals surface area contributed by atoms with Crippen LogP contribution in [0.4, 0.5) is 0 Å². The number of ether oxygens (including phenoxy) is 1. The highest BCUT2D eigenvalue weighted by atomic mass is 16.5. The number of amides is 2. The van der Waals surface area contributed by atoms with Gasteiger partial charge < -0.3 is 20.3 Å². The molecule has 1 heterocycles. The fourth-order valence-corrected chi connectivity index (χ4v) is 3.75. The van der Waals surface area contributed by atoms with Crippen molar-refractivity contribution in [2.24, 2.45) is 11.7 Å². The topological polar surface area (TPSA) is 75.9 Å². The number of nitrogens with two attached hydrogens (primary N) is 1. The van der Waals surface area contributed by atoms with E-state index in [1.165, 1.54) is 32.1 Å². The van der Waals surface area contributed by atoms with Crippen molar-refractivity contribution in [3.8, 4) is 0 Å². The molecule has 1 unspecified atom stereocenters. The number of nitrogens with zero attached hydrogens (tertiary/aromatic N) is 2. The van der Waals surface area contributed by atoms with Crippen molar-refractivity contribution in [2.75, 3.05) is 39.8 Å². The third-order valence-corrected chi connectivity index (χ3v) is 5.47. The average Bonchev–Trinajstić information content (AvgIpc) is 2.65. The van der Waals surface area contributed by atoms with Crippen molar-refractivity contribution in [1.82, 2.24) is 9.80 Å². The van der Waals surface area contributed by atoms with Crippen LogP contribution in [0, 0.1) is 5.92 Å². The van der Waals surface area contributed by atoms with Crippen LogP contribution in [0.25, 0.3) is 0 Å². The van der Waals surface area contributed by atoms with Gasteiger partial charge in [-0.25, -0.2) is 0 Å². The lowest BCUT2D eigenvalue weighted by Gasteiger charge is -2.35. The van der Waals surface area contributed by atoms with Gasteiger partial charge in [0, 0.05) is 46.3 Å². The summed E-state index contributed by atoms with van der Waals surface area (Å²) in [6, 6.07) is 0. The summed E-state index contributed by atoms with van der Waals surface area (Å²) < 4.78 is 5.17. The quantitative estimate of drug-likeness (QED) is 0.760. The first-order chi connectivity index (χ1) is 11.6. The van der Waals surface area contributed by atoms with Crippen molar-refractivity contribution in [3.63, 3.8) is 0 Å². The summed E-state index contributed by atoms with van der Waals surface area (Å²) in [4.78, 5) is 28.3. The van der Waals surface area contributed by atoms with Crippen LogP contribution in [-0.2, 0) is 14.3 Å². The Kier molecular flexibility index (Phi) is 7.99. The van der Waals surface area contributed by atoms with Crippen LogP contribution in [0.5, 0.6) is 0 Å². The summed E-state index contributed by atoms with van der Waals surface area (Å²) >= 11 is 0. The minimum atomic E-state index is -0.215. The fraction of sp³-hybridized carbons (Fsp3) is 0.889. The number of rotatable bonds is 7. The van der Waals surface area contributed by atoms with Gasteiger partial charge in [-0.1, -0.05) is 32.1 Å². The zero-order chi connectivity index (χ0) is 17.4. The van der Waals surface area contributed by atoms with E-state index in [1.807, 2.05) is 9.80 Å². The lowest BCUT2D eigenvalue weighted by molar-refractivity contribution is -0.141. The Balaban J connectivity index is 1.67. The van der Waals surface area contributed by atoms with E-state index in [-0.39, 0.29) is 17.9 Å². The molecule has 0 bridgehead atoms. The number of hydrogen-bond acceptors (Lipinski definition) is 4. The largest absolute Gasteiger partial charge is 0.380 e. The van der Waals surface area contributed by atoms with Crippen molar-refractivity contribution in [3.05, 3.63) is 0 Å². The molecule has 0 aromatic carbocycles. The maximum Gasteiger partial charge on any atom is 0.225 e. The van der Waals surface area contributed by atoms with Crippen LogP contribution in [0.15, 0.2) is 0 Å². The maximum absolute atomic E-state index is 12.4. The summed E-state index contributed by atoms with van der Waals surface area (Å²) in [5, 5.41) is 0. The molecule has 1 saturated heterocycles. The van der Waals surface area contributed by atoms with E-state index in [0.717, 1.165) is 12.3 Å². The molecule has 0 aromatic heterocycles. The van der Waals surface area contributed by atoms with Gasteiger partial charge in [-0.15, -0.1) is 0 Å². The molecular formula is C18H33N3O3. The lowest BCUT2D eigenvalue weighted by atomic mass is 9.86. The van der Waals surface area contributed by atoms with E-state index in [4.69, 9.17) is 10.5 Å². The van der Waals surface area contributed by atoms with Crippen molar-refractivity contribution in [2.45, 2.75) is 57.5 Å². The lowest BCUT2D eigenvalue weighted by Crippen LogP contribution is -2.51. The second kappa shape index (κ2) is 9.99. The van der Waals surface area contributed by atoms with Gasteiger partial charge in [0.15, 0.2) is 0 Å². The van der Waals surface area contributed by atoms with E-state index in [1.54, 1.807) is 7.11 Å². The number of carbonyl (C=O) groups excluding carboxylic acids is 2. The predicted molar refractivity (Wildman–Crippen MR) is 93.4 cm³/mol. The summed E-state index contributed by atoms with van der Waals surface area (Å²) in [6.45, 7) is 2.89. The average molecular weight is 339 g/mol. The fourth-order valence-electron chi connectivity index (χ4n) is 3.75. The van der Waals surface area contributed by atoms with Gasteiger partial charge in [0.05, 0.1) is 12.5 Å². The number of methoxy groups -OCH3 is 1. The molecule has 1 atom stereocenters. The van der Waals surface area contributed by atoms with Crippen LogP contribution in [0.1, 0.15) is 51.4 Å². The van der Waals surface area contributed by atoms with E-state index in [0.29, 0.717) is 45.6 Å². The second-order valence-electron chi connectivity index (χ2n) is 7.10. The molecule has 1 aliphatic heterocycles. The third kappa shape index (κ3) is 5.74. The molecule has 2 fully saturated rings. The first kappa shape index (κ1) is 19.2. The Morgan fingerprint density at radius 1 is 1.04 bits per heavy atom. The SMILES string of the molecule is COC(CN)CC(=O)N1CCN(C(=O)CCC2CCCCC2)CC1. The Bertz CT molecular complexity index is 398. The molecule has 2 rings (SSSR count). The van der Waals surface area contributed by atoms with Crippen molar-refractivity contribution in [1.29, 1.82) is 0 Å². The Labute approximate surface area is 145 Å². The van der Waals surface area contributed by atoms with Crippen LogP contribution >= 0.6 is 0 Å². The molecule has 2 aliphatic rings. The monoisotopic (exact) mass is 339 g/mol. The zero-order valence-electron chi connectivity index (χ0n) is 15.0. The van der Waals surface area contributed by atoms with Crippen molar-refractivity contribution >= 4 is 11.8 Å². The minimum absolute atomic E-state index is 0.0709. The molecule has 1 saturated carbocycles. The molecular weight excluding hydrogens is 306 g/mol. The number of piperazine rings is 1. The number of hydrogen-bond donors (Lipinski definition) is 1. The highest BCUT2D eigenvalue weighted by Crippen LogP contribution is 2.27. The first-order valence-corrected chi connectivity index (χ1v) is 9.42. The molecule has 1 aliphatic carbocycles. The van der Waals surface area contributed by atoms with Gasteiger partial charge in [0.2, 0.25) is 11.8 Å². The summed E-state index contributed by atoms with van der Waals surface area (Å²) in [5.41, 5.74) is 5.57. The molecule has 0 spiro atoms. The van der Waals surface area contributed by atoms with Crippen LogP contribution in [-0.4, -0.2) is 67.6 Å². The highest BCUT2D eigenvalue weighted by molar-refractivity contribution is 5.78. The van der Waals surface area contributed by atoms with E-state index >= 15 is 0 Å². The normalized spacial score (nSPS) is 20.9. The van der Waals surface area contributed by atoms with E-state index < -0.39 is 0 Å². The molecule has 24 heavy (non-hydrogen) atoms. The molecule has 6 nitrogen and oxygen atoms in total. The van der Waals surface area contributed by atoms with Gasteiger partial charge in [-0.05, 0) is 12.3 Å². The second-order valence-corrected chi connectivity index (χ2v) is 7.10. The highest BCUT2D eigenvalue weighted by Gasteiger charge is 2.26. The molecule has 138 valence electrons. The van der Waals surface area contributed by atoms with E-state index in [2.05, 4.69) is 0 Å². The Morgan fingerprint density at radius 2 is 1.62 bits per heavy atom. The van der Waals surface area contributed by atoms with Gasteiger partial charge >= 0.3 is 0 Å². The van der Waals surface area contributed by atoms with Crippen LogP contribution < -0.4 is 5.73 Å². The van der Waals surface area contributed by atoms with Gasteiger partial charge in [-0.3, -0.25) is 9.59 Å². The third-order valence-electron chi connectivity index (χ3n) is 5.47. The summed E-state index contributed by atoms with van der Waals surface area (Å²) in [5.74, 6) is 1.07. The van der Waals surface area contributed by atoms with Crippen LogP contribution in [0.3, 0.4) is 0 Å². The maximum atomic E-state index is 12.4. The smallest absolute Gasteiger partial charge is 0.225 e. The molecule has 2 amide bonds. The molecule has 0 radical (unpaired) electrons. The first-order valence-electron chi connectivity index (χ1n) is 9.42. The van der Waals surface area contributed by atoms with E-state index in [9.17, 15) is 9.59 Å². The van der Waals surface area contributed by atoms with Crippen molar-refractivity contribution < 1.29 is 14.3 Å². The van der Waals surface area contributed by atoms with Crippen LogP contribution in [0.2, 0.25) is 0 Å². The predicted octanol–water partition coefficient (Wildman–Crippen LogP) is 1.38. The van der Waals surface area contributed by atoms with Gasteiger partial charge in [0.1, 0.15) is 0 Å². The Hall–Kier alpha value is -1.14. The number of carbonyl (C=O) groups is 2. The molecule has 0 aromatic rings. The summed E-state index contributed by atoms with van der Waals surface area (Å²) in [6.07, 6.45) is 8.39. The summed E-state index contributed by atoms with van der Waals surface area (Å²) in [7, 11) is 1.58. The Morgan fingerprint density at radius 3 is 2.17 bits per heavy atom. The minimum Gasteiger partial charge on any atom is -0.380 e. The molecule has 2 N–H and O–H groups in total. The molecule has 6 heteroatoms. The zero-order valence-corrected chi connectivity index (χ0v) is 15.0. The standard InChI is InChI=1S/C18H33N3O3/c1-24-16(14-19)13-18(23)21-11-9-20(10-12-21)17(22)8-7-15-5-3-2-4-6-15/h15-16H,2-14,19H2,1H3. The van der Waals surface area contributed by atoms with Gasteiger partial charge in [0.25, 0.3) is 0 Å². The van der Waals surface area contributed by atoms with Gasteiger partial charge in [-0.2, -0.15) is 0 Å².